The van der Waals surface area contributed by atoms with Crippen LogP contribution in [0.2, 0.25) is 5.02 Å². The fraction of sp³-hybridized carbons (Fsp3) is 0.136. The van der Waals surface area contributed by atoms with Crippen molar-refractivity contribution in [1.82, 2.24) is 4.83 Å². The van der Waals surface area contributed by atoms with Crippen molar-refractivity contribution in [2.75, 3.05) is 6.61 Å². The average molecular weight is 445 g/mol. The Labute approximate surface area is 181 Å². The summed E-state index contributed by atoms with van der Waals surface area (Å²) in [6.07, 6.45) is 1.42. The van der Waals surface area contributed by atoms with Gasteiger partial charge in [0.1, 0.15) is 18.1 Å². The molecule has 3 aromatic carbocycles. The average Bonchev–Trinajstić information content (AvgIpc) is 2.74. The van der Waals surface area contributed by atoms with Crippen molar-refractivity contribution in [2.24, 2.45) is 5.10 Å². The van der Waals surface area contributed by atoms with Crippen LogP contribution in [-0.4, -0.2) is 21.2 Å². The molecule has 0 aliphatic carbocycles. The van der Waals surface area contributed by atoms with E-state index in [9.17, 15) is 8.42 Å². The number of hydrogen-bond donors (Lipinski definition) is 1. The predicted octanol–water partition coefficient (Wildman–Crippen LogP) is 4.63. The van der Waals surface area contributed by atoms with Gasteiger partial charge in [-0.2, -0.15) is 13.5 Å². The molecule has 0 spiro atoms. The largest absolute Gasteiger partial charge is 0.494 e. The molecule has 0 fully saturated rings. The summed E-state index contributed by atoms with van der Waals surface area (Å²) in [5.41, 5.74) is 1.68. The summed E-state index contributed by atoms with van der Waals surface area (Å²) in [6, 6.07) is 20.7. The van der Waals surface area contributed by atoms with Crippen LogP contribution in [0.15, 0.2) is 82.8 Å². The molecule has 156 valence electrons. The smallest absolute Gasteiger partial charge is 0.276 e. The SMILES string of the molecule is CCOc1ccc(S(=O)(=O)N/N=C/c2cccc(OCc3ccc(Cl)cc3)c2)cc1. The molecule has 3 aromatic rings. The van der Waals surface area contributed by atoms with Gasteiger partial charge in [-0.05, 0) is 66.6 Å². The van der Waals surface area contributed by atoms with E-state index in [0.29, 0.717) is 35.3 Å². The molecule has 0 saturated carbocycles. The van der Waals surface area contributed by atoms with E-state index in [1.54, 1.807) is 42.5 Å². The van der Waals surface area contributed by atoms with Crippen LogP contribution in [0.25, 0.3) is 0 Å². The van der Waals surface area contributed by atoms with Crippen molar-refractivity contribution in [3.8, 4) is 11.5 Å². The van der Waals surface area contributed by atoms with Crippen molar-refractivity contribution in [1.29, 1.82) is 0 Å². The molecular formula is C22H21ClN2O4S. The van der Waals surface area contributed by atoms with E-state index in [-0.39, 0.29) is 4.90 Å². The van der Waals surface area contributed by atoms with Crippen LogP contribution in [0.4, 0.5) is 0 Å². The van der Waals surface area contributed by atoms with Gasteiger partial charge in [-0.25, -0.2) is 4.83 Å². The second-order valence-corrected chi connectivity index (χ2v) is 8.34. The number of halogens is 1. The Morgan fingerprint density at radius 2 is 1.70 bits per heavy atom. The van der Waals surface area contributed by atoms with Gasteiger partial charge >= 0.3 is 0 Å². The minimum Gasteiger partial charge on any atom is -0.494 e. The highest BCUT2D eigenvalue weighted by molar-refractivity contribution is 7.89. The van der Waals surface area contributed by atoms with Gasteiger partial charge in [-0.1, -0.05) is 35.9 Å². The van der Waals surface area contributed by atoms with E-state index < -0.39 is 10.0 Å². The van der Waals surface area contributed by atoms with Crippen LogP contribution >= 0.6 is 11.6 Å². The lowest BCUT2D eigenvalue weighted by molar-refractivity contribution is 0.306. The number of sulfonamides is 1. The number of ether oxygens (including phenoxy) is 2. The highest BCUT2D eigenvalue weighted by Gasteiger charge is 2.12. The summed E-state index contributed by atoms with van der Waals surface area (Å²) in [5, 5.41) is 4.52. The van der Waals surface area contributed by atoms with E-state index in [4.69, 9.17) is 21.1 Å². The Morgan fingerprint density at radius 1 is 0.967 bits per heavy atom. The van der Waals surface area contributed by atoms with Crippen LogP contribution in [0.5, 0.6) is 11.5 Å². The minimum atomic E-state index is -3.77. The first kappa shape index (κ1) is 21.7. The Bertz CT molecular complexity index is 1100. The minimum absolute atomic E-state index is 0.100. The van der Waals surface area contributed by atoms with Gasteiger partial charge in [0.25, 0.3) is 10.0 Å². The van der Waals surface area contributed by atoms with E-state index in [1.807, 2.05) is 25.1 Å². The zero-order chi connectivity index (χ0) is 21.4. The molecule has 0 radical (unpaired) electrons. The molecule has 8 heteroatoms. The van der Waals surface area contributed by atoms with Crippen LogP contribution in [0.3, 0.4) is 0 Å². The van der Waals surface area contributed by atoms with E-state index in [0.717, 1.165) is 5.56 Å². The molecule has 0 saturated heterocycles. The predicted molar refractivity (Wildman–Crippen MR) is 118 cm³/mol. The lowest BCUT2D eigenvalue weighted by Gasteiger charge is -2.07. The number of nitrogens with zero attached hydrogens (tertiary/aromatic N) is 1. The highest BCUT2D eigenvalue weighted by Crippen LogP contribution is 2.17. The summed E-state index contributed by atoms with van der Waals surface area (Å²) in [5.74, 6) is 1.25. The zero-order valence-corrected chi connectivity index (χ0v) is 17.9. The van der Waals surface area contributed by atoms with Crippen LogP contribution in [-0.2, 0) is 16.6 Å². The molecule has 0 amide bonds. The topological polar surface area (TPSA) is 77.0 Å². The van der Waals surface area contributed by atoms with Gasteiger partial charge in [-0.15, -0.1) is 0 Å². The van der Waals surface area contributed by atoms with Crippen molar-refractivity contribution < 1.29 is 17.9 Å². The maximum absolute atomic E-state index is 12.3. The monoisotopic (exact) mass is 444 g/mol. The molecule has 0 unspecified atom stereocenters. The fourth-order valence-corrected chi connectivity index (χ4v) is 3.45. The van der Waals surface area contributed by atoms with E-state index in [2.05, 4.69) is 9.93 Å². The summed E-state index contributed by atoms with van der Waals surface area (Å²) < 4.78 is 35.8. The Kier molecular flexibility index (Phi) is 7.32. The van der Waals surface area contributed by atoms with E-state index in [1.165, 1.54) is 18.3 Å². The molecular weight excluding hydrogens is 424 g/mol. The second-order valence-electron chi connectivity index (χ2n) is 6.24. The van der Waals surface area contributed by atoms with Gasteiger partial charge in [-0.3, -0.25) is 0 Å². The molecule has 0 bridgehead atoms. The Hall–Kier alpha value is -3.03. The first-order valence-corrected chi connectivity index (χ1v) is 11.1. The lowest BCUT2D eigenvalue weighted by Crippen LogP contribution is -2.18. The first-order valence-electron chi connectivity index (χ1n) is 9.21. The first-order chi connectivity index (χ1) is 14.5. The summed E-state index contributed by atoms with van der Waals surface area (Å²) in [6.45, 7) is 2.76. The van der Waals surface area contributed by atoms with Crippen LogP contribution in [0, 0.1) is 0 Å². The van der Waals surface area contributed by atoms with Gasteiger partial charge in [0.2, 0.25) is 0 Å². The van der Waals surface area contributed by atoms with Crippen LogP contribution < -0.4 is 14.3 Å². The van der Waals surface area contributed by atoms with E-state index >= 15 is 0 Å². The molecule has 0 aromatic heterocycles. The van der Waals surface area contributed by atoms with Gasteiger partial charge in [0.05, 0.1) is 17.7 Å². The fourth-order valence-electron chi connectivity index (χ4n) is 2.54. The van der Waals surface area contributed by atoms with Crippen molar-refractivity contribution >= 4 is 27.8 Å². The third kappa shape index (κ3) is 6.23. The maximum Gasteiger partial charge on any atom is 0.276 e. The van der Waals surface area contributed by atoms with Gasteiger partial charge < -0.3 is 9.47 Å². The summed E-state index contributed by atoms with van der Waals surface area (Å²) in [7, 11) is -3.77. The molecule has 6 nitrogen and oxygen atoms in total. The molecule has 0 heterocycles. The number of hydrazone groups is 1. The maximum atomic E-state index is 12.3. The van der Waals surface area contributed by atoms with Crippen molar-refractivity contribution in [2.45, 2.75) is 18.4 Å². The lowest BCUT2D eigenvalue weighted by atomic mass is 10.2. The number of hydrogen-bond acceptors (Lipinski definition) is 5. The molecule has 0 atom stereocenters. The number of rotatable bonds is 9. The molecule has 3 rings (SSSR count). The van der Waals surface area contributed by atoms with Crippen molar-refractivity contribution in [3.05, 3.63) is 88.9 Å². The standard InChI is InChI=1S/C22H21ClN2O4S/c1-2-28-20-10-12-22(13-11-20)30(26,27)25-24-15-18-4-3-5-21(14-18)29-16-17-6-8-19(23)9-7-17/h3-15,25H,2,16H2,1H3/b24-15+. The Balaban J connectivity index is 1.60. The van der Waals surface area contributed by atoms with Gasteiger partial charge in [0.15, 0.2) is 0 Å². The highest BCUT2D eigenvalue weighted by atomic mass is 35.5. The van der Waals surface area contributed by atoms with Crippen LogP contribution in [0.1, 0.15) is 18.1 Å². The second kappa shape index (κ2) is 10.1. The summed E-state index contributed by atoms with van der Waals surface area (Å²) in [4.78, 5) is 2.31. The third-order valence-corrected chi connectivity index (χ3v) is 5.50. The third-order valence-electron chi connectivity index (χ3n) is 4.01. The normalized spacial score (nSPS) is 11.4. The number of benzene rings is 3. The van der Waals surface area contributed by atoms with Gasteiger partial charge in [0, 0.05) is 5.02 Å². The zero-order valence-electron chi connectivity index (χ0n) is 16.3. The molecule has 1 N–H and O–H groups in total. The molecule has 30 heavy (non-hydrogen) atoms. The quantitative estimate of drug-likeness (QED) is 0.385. The molecule has 0 aliphatic heterocycles. The molecule has 0 aliphatic rings. The summed E-state index contributed by atoms with van der Waals surface area (Å²) >= 11 is 5.88. The van der Waals surface area contributed by atoms with Crippen molar-refractivity contribution in [3.63, 3.8) is 0 Å². The number of nitrogens with one attached hydrogen (secondary N) is 1. The Morgan fingerprint density at radius 3 is 2.40 bits per heavy atom.